The maximum absolute atomic E-state index is 12.2. The molecular weight excluding hydrogens is 189 g/mol. The molecule has 0 rings (SSSR count). The Morgan fingerprint density at radius 1 is 1.33 bits per heavy atom. The summed E-state index contributed by atoms with van der Waals surface area (Å²) in [7, 11) is 0. The largest absolute Gasteiger partial charge is 0.461 e. The van der Waals surface area contributed by atoms with Crippen molar-refractivity contribution in [1.29, 1.82) is 0 Å². The van der Waals surface area contributed by atoms with Gasteiger partial charge in [0.25, 0.3) is 0 Å². The number of rotatable bonds is 4. The molecule has 5 heteroatoms. The van der Waals surface area contributed by atoms with Gasteiger partial charge in [-0.2, -0.15) is 25.8 Å². The molecule has 0 atom stereocenters. The zero-order valence-electron chi connectivity index (χ0n) is 6.90. The maximum Gasteiger partial charge on any atom is 0.342 e. The second-order valence-electron chi connectivity index (χ2n) is 2.87. The molecule has 72 valence electrons. The van der Waals surface area contributed by atoms with Crippen molar-refractivity contribution in [3.05, 3.63) is 12.1 Å². The van der Waals surface area contributed by atoms with Crippen LogP contribution >= 0.6 is 12.6 Å². The molecule has 0 aromatic carbocycles. The topological polar surface area (TPSA) is 9.23 Å². The molecule has 0 aliphatic rings. The van der Waals surface area contributed by atoms with E-state index in [1.807, 2.05) is 0 Å². The molecule has 0 amide bonds. The Morgan fingerprint density at radius 3 is 2.17 bits per heavy atom. The van der Waals surface area contributed by atoms with Crippen molar-refractivity contribution in [3.8, 4) is 0 Å². The average Bonchev–Trinajstić information content (AvgIpc) is 1.85. The van der Waals surface area contributed by atoms with Crippen LogP contribution in [-0.4, -0.2) is 11.4 Å². The highest BCUT2D eigenvalue weighted by Crippen LogP contribution is 2.22. The lowest BCUT2D eigenvalue weighted by molar-refractivity contribution is -0.0133. The highest BCUT2D eigenvalue weighted by Gasteiger charge is 2.22. The Labute approximate surface area is 75.0 Å². The summed E-state index contributed by atoms with van der Waals surface area (Å²) in [5.41, 5.74) is -0.935. The van der Waals surface area contributed by atoms with E-state index in [-0.39, 0.29) is 0 Å². The number of hydrogen-bond acceptors (Lipinski definition) is 2. The van der Waals surface area contributed by atoms with Crippen LogP contribution in [0.2, 0.25) is 0 Å². The molecule has 0 heterocycles. The highest BCUT2D eigenvalue weighted by molar-refractivity contribution is 7.80. The zero-order valence-corrected chi connectivity index (χ0v) is 7.80. The standard InChI is InChI=1S/C7H11F3OS/c1-7(2,3-4-12)11-6(10)5(8)9/h12H,3-4H2,1-2H3. The van der Waals surface area contributed by atoms with Crippen molar-refractivity contribution >= 4 is 12.6 Å². The maximum atomic E-state index is 12.2. The molecule has 0 radical (unpaired) electrons. The molecule has 0 bridgehead atoms. The Balaban J connectivity index is 4.15. The molecule has 0 saturated carbocycles. The van der Waals surface area contributed by atoms with Gasteiger partial charge in [-0.15, -0.1) is 0 Å². The predicted octanol–water partition coefficient (Wildman–Crippen LogP) is 3.14. The summed E-state index contributed by atoms with van der Waals surface area (Å²) in [6.45, 7) is 3.04. The fraction of sp³-hybridized carbons (Fsp3) is 0.714. The smallest absolute Gasteiger partial charge is 0.342 e. The van der Waals surface area contributed by atoms with E-state index in [1.165, 1.54) is 13.8 Å². The van der Waals surface area contributed by atoms with Gasteiger partial charge in [0.2, 0.25) is 0 Å². The van der Waals surface area contributed by atoms with Crippen LogP contribution in [0.1, 0.15) is 20.3 Å². The van der Waals surface area contributed by atoms with Gasteiger partial charge in [0.15, 0.2) is 0 Å². The third-order valence-corrected chi connectivity index (χ3v) is 1.45. The minimum absolute atomic E-state index is 0.400. The summed E-state index contributed by atoms with van der Waals surface area (Å²) in [6.07, 6.45) is -2.03. The van der Waals surface area contributed by atoms with Gasteiger partial charge in [-0.1, -0.05) is 0 Å². The van der Waals surface area contributed by atoms with Crippen molar-refractivity contribution in [3.63, 3.8) is 0 Å². The first kappa shape index (κ1) is 11.7. The first-order chi connectivity index (χ1) is 5.39. The SMILES string of the molecule is CC(C)(CCS)OC(F)=C(F)F. The Hall–Kier alpha value is -0.320. The van der Waals surface area contributed by atoms with Gasteiger partial charge in [0, 0.05) is 0 Å². The van der Waals surface area contributed by atoms with Gasteiger partial charge in [0.1, 0.15) is 5.60 Å². The third-order valence-electron chi connectivity index (χ3n) is 1.23. The van der Waals surface area contributed by atoms with Gasteiger partial charge in [-0.05, 0) is 26.0 Å². The molecule has 0 aromatic rings. The Kier molecular flexibility index (Phi) is 4.52. The highest BCUT2D eigenvalue weighted by atomic mass is 32.1. The fourth-order valence-corrected chi connectivity index (χ4v) is 1.14. The second kappa shape index (κ2) is 4.64. The molecule has 0 aliphatic carbocycles. The second-order valence-corrected chi connectivity index (χ2v) is 3.32. The van der Waals surface area contributed by atoms with E-state index in [9.17, 15) is 13.2 Å². The van der Waals surface area contributed by atoms with Crippen LogP contribution in [0.4, 0.5) is 13.2 Å². The number of thiol groups is 1. The van der Waals surface area contributed by atoms with Gasteiger partial charge < -0.3 is 4.74 Å². The number of halogens is 3. The molecule has 1 nitrogen and oxygen atoms in total. The summed E-state index contributed by atoms with van der Waals surface area (Å²) in [6, 6.07) is -1.80. The van der Waals surface area contributed by atoms with Crippen LogP contribution in [0, 0.1) is 0 Å². The molecule has 0 aromatic heterocycles. The summed E-state index contributed by atoms with van der Waals surface area (Å²) in [5.74, 6) is 0.453. The summed E-state index contributed by atoms with van der Waals surface area (Å²) in [5, 5.41) is 0. The van der Waals surface area contributed by atoms with E-state index < -0.39 is 17.7 Å². The normalized spacial score (nSPS) is 11.2. The molecular formula is C7H11F3OS. The predicted molar refractivity (Wildman–Crippen MR) is 44.0 cm³/mol. The Morgan fingerprint density at radius 2 is 1.83 bits per heavy atom. The third kappa shape index (κ3) is 4.54. The molecule has 0 N–H and O–H groups in total. The van der Waals surface area contributed by atoms with E-state index >= 15 is 0 Å². The van der Waals surface area contributed by atoms with Crippen LogP contribution in [0.25, 0.3) is 0 Å². The van der Waals surface area contributed by atoms with E-state index in [0.717, 1.165) is 0 Å². The van der Waals surface area contributed by atoms with E-state index in [4.69, 9.17) is 0 Å². The Bertz CT molecular complexity index is 175. The lowest BCUT2D eigenvalue weighted by atomic mass is 10.1. The van der Waals surface area contributed by atoms with E-state index in [1.54, 1.807) is 0 Å². The summed E-state index contributed by atoms with van der Waals surface area (Å²) in [4.78, 5) is 0. The van der Waals surface area contributed by atoms with Gasteiger partial charge in [-0.25, -0.2) is 0 Å². The summed E-state index contributed by atoms with van der Waals surface area (Å²) < 4.78 is 39.7. The van der Waals surface area contributed by atoms with E-state index in [0.29, 0.717) is 12.2 Å². The van der Waals surface area contributed by atoms with Crippen LogP contribution in [0.15, 0.2) is 12.1 Å². The van der Waals surface area contributed by atoms with Crippen molar-refractivity contribution in [2.45, 2.75) is 25.9 Å². The minimum Gasteiger partial charge on any atom is -0.461 e. The quantitative estimate of drug-likeness (QED) is 0.541. The van der Waals surface area contributed by atoms with Gasteiger partial charge in [-0.3, -0.25) is 0 Å². The molecule has 0 saturated heterocycles. The fourth-order valence-electron chi connectivity index (χ4n) is 0.601. The zero-order chi connectivity index (χ0) is 9.78. The number of ether oxygens (including phenoxy) is 1. The number of hydrogen-bond donors (Lipinski definition) is 1. The van der Waals surface area contributed by atoms with Crippen LogP contribution in [-0.2, 0) is 4.74 Å². The molecule has 0 unspecified atom stereocenters. The first-order valence-corrected chi connectivity index (χ1v) is 4.03. The van der Waals surface area contributed by atoms with Gasteiger partial charge >= 0.3 is 12.1 Å². The molecule has 0 spiro atoms. The van der Waals surface area contributed by atoms with Crippen molar-refractivity contribution in [2.75, 3.05) is 5.75 Å². The molecule has 0 fully saturated rings. The first-order valence-electron chi connectivity index (χ1n) is 3.39. The van der Waals surface area contributed by atoms with Crippen molar-refractivity contribution in [1.82, 2.24) is 0 Å². The lowest BCUT2D eigenvalue weighted by Crippen LogP contribution is -2.24. The van der Waals surface area contributed by atoms with Crippen LogP contribution in [0.5, 0.6) is 0 Å². The lowest BCUT2D eigenvalue weighted by Gasteiger charge is -2.23. The van der Waals surface area contributed by atoms with Crippen molar-refractivity contribution < 1.29 is 17.9 Å². The minimum atomic E-state index is -2.43. The van der Waals surface area contributed by atoms with Gasteiger partial charge in [0.05, 0.1) is 0 Å². The van der Waals surface area contributed by atoms with E-state index in [2.05, 4.69) is 17.4 Å². The monoisotopic (exact) mass is 200 g/mol. The van der Waals surface area contributed by atoms with Crippen LogP contribution in [0.3, 0.4) is 0 Å². The van der Waals surface area contributed by atoms with Crippen molar-refractivity contribution in [2.24, 2.45) is 0 Å². The van der Waals surface area contributed by atoms with Crippen LogP contribution < -0.4 is 0 Å². The molecule has 0 aliphatic heterocycles. The average molecular weight is 200 g/mol. The summed E-state index contributed by atoms with van der Waals surface area (Å²) >= 11 is 3.88. The molecule has 12 heavy (non-hydrogen) atoms.